The molecule has 0 saturated heterocycles. The lowest BCUT2D eigenvalue weighted by molar-refractivity contribution is 0.0946. The van der Waals surface area contributed by atoms with Crippen LogP contribution in [-0.4, -0.2) is 12.5 Å². The Labute approximate surface area is 120 Å². The highest BCUT2D eigenvalue weighted by molar-refractivity contribution is 7.10. The number of nitrogens with one attached hydrogen (secondary N) is 1. The molecule has 3 N–H and O–H groups in total. The largest absolute Gasteiger partial charge is 0.352 e. The van der Waals surface area contributed by atoms with E-state index in [-0.39, 0.29) is 11.9 Å². The van der Waals surface area contributed by atoms with Gasteiger partial charge in [-0.15, -0.1) is 11.3 Å². The van der Waals surface area contributed by atoms with Gasteiger partial charge in [-0.05, 0) is 35.1 Å². The molecule has 3 nitrogen and oxygen atoms in total. The minimum Gasteiger partial charge on any atom is -0.352 e. The van der Waals surface area contributed by atoms with Gasteiger partial charge in [0.15, 0.2) is 0 Å². The molecule has 5 heteroatoms. The van der Waals surface area contributed by atoms with E-state index < -0.39 is 0 Å². The number of benzene rings is 1. The third-order valence-corrected chi connectivity index (χ3v) is 4.79. The van der Waals surface area contributed by atoms with Crippen molar-refractivity contribution >= 4 is 28.8 Å². The normalized spacial score (nSPS) is 15.8. The van der Waals surface area contributed by atoms with Crippen LogP contribution in [0.3, 0.4) is 0 Å². The summed E-state index contributed by atoms with van der Waals surface area (Å²) >= 11 is 7.64. The number of amides is 1. The van der Waals surface area contributed by atoms with Crippen LogP contribution in [0.25, 0.3) is 0 Å². The van der Waals surface area contributed by atoms with E-state index in [0.717, 1.165) is 28.0 Å². The topological polar surface area (TPSA) is 55.1 Å². The second-order valence-electron chi connectivity index (χ2n) is 4.53. The Hall–Kier alpha value is -1.36. The average molecular weight is 293 g/mol. The summed E-state index contributed by atoms with van der Waals surface area (Å²) in [4.78, 5) is 12.8. The van der Waals surface area contributed by atoms with E-state index >= 15 is 0 Å². The highest BCUT2D eigenvalue weighted by Gasteiger charge is 2.20. The molecule has 0 saturated carbocycles. The van der Waals surface area contributed by atoms with Gasteiger partial charge in [-0.2, -0.15) is 0 Å². The fourth-order valence-corrected chi connectivity index (χ4v) is 3.50. The van der Waals surface area contributed by atoms with Crippen molar-refractivity contribution in [3.8, 4) is 0 Å². The van der Waals surface area contributed by atoms with Gasteiger partial charge in [-0.1, -0.05) is 23.7 Å². The third kappa shape index (κ3) is 2.27. The molecule has 0 bridgehead atoms. The molecule has 1 aromatic heterocycles. The monoisotopic (exact) mass is 292 g/mol. The van der Waals surface area contributed by atoms with E-state index in [1.165, 1.54) is 11.3 Å². The zero-order valence-corrected chi connectivity index (χ0v) is 11.7. The highest BCUT2D eigenvalue weighted by Crippen LogP contribution is 2.32. The molecule has 2 heterocycles. The van der Waals surface area contributed by atoms with Gasteiger partial charge in [0.25, 0.3) is 5.91 Å². The molecule has 0 spiro atoms. The zero-order valence-electron chi connectivity index (χ0n) is 10.2. The first-order chi connectivity index (χ1) is 9.16. The fraction of sp³-hybridized carbons (Fsp3) is 0.214. The minimum atomic E-state index is -0.285. The quantitative estimate of drug-likeness (QED) is 0.894. The van der Waals surface area contributed by atoms with Crippen molar-refractivity contribution in [2.75, 3.05) is 6.54 Å². The number of hydrogen-bond acceptors (Lipinski definition) is 3. The van der Waals surface area contributed by atoms with Crippen LogP contribution in [0.5, 0.6) is 0 Å². The Balaban J connectivity index is 2.00. The minimum absolute atomic E-state index is 0.0208. The van der Waals surface area contributed by atoms with Crippen LogP contribution in [0.4, 0.5) is 0 Å². The Morgan fingerprint density at radius 1 is 1.37 bits per heavy atom. The summed E-state index contributed by atoms with van der Waals surface area (Å²) in [6, 6.07) is 7.41. The van der Waals surface area contributed by atoms with Crippen LogP contribution >= 0.6 is 22.9 Å². The van der Waals surface area contributed by atoms with Gasteiger partial charge in [0, 0.05) is 17.0 Å². The number of rotatable bonds is 2. The van der Waals surface area contributed by atoms with E-state index in [1.807, 2.05) is 29.6 Å². The van der Waals surface area contributed by atoms with Crippen molar-refractivity contribution in [1.82, 2.24) is 5.32 Å². The smallest absolute Gasteiger partial charge is 0.251 e. The van der Waals surface area contributed by atoms with Gasteiger partial charge in [-0.25, -0.2) is 0 Å². The van der Waals surface area contributed by atoms with Gasteiger partial charge >= 0.3 is 0 Å². The molecule has 0 radical (unpaired) electrons. The SMILES string of the molecule is NC(c1ccc2c(c1)C(=O)NCC2)c1sccc1Cl. The van der Waals surface area contributed by atoms with Crippen LogP contribution in [0.2, 0.25) is 5.02 Å². The predicted molar refractivity (Wildman–Crippen MR) is 77.8 cm³/mol. The Morgan fingerprint density at radius 3 is 2.95 bits per heavy atom. The summed E-state index contributed by atoms with van der Waals surface area (Å²) in [5.41, 5.74) is 8.96. The van der Waals surface area contributed by atoms with E-state index in [4.69, 9.17) is 17.3 Å². The summed E-state index contributed by atoms with van der Waals surface area (Å²) in [6.45, 7) is 0.702. The second kappa shape index (κ2) is 4.96. The maximum atomic E-state index is 11.8. The molecule has 3 rings (SSSR count). The Bertz CT molecular complexity index is 638. The van der Waals surface area contributed by atoms with Crippen LogP contribution in [-0.2, 0) is 6.42 Å². The maximum Gasteiger partial charge on any atom is 0.251 e. The van der Waals surface area contributed by atoms with Crippen LogP contribution in [0.1, 0.15) is 32.4 Å². The molecule has 1 aliphatic rings. The summed E-state index contributed by atoms with van der Waals surface area (Å²) in [5, 5.41) is 5.45. The number of halogens is 1. The number of nitrogens with two attached hydrogens (primary N) is 1. The van der Waals surface area contributed by atoms with E-state index in [1.54, 1.807) is 0 Å². The molecule has 2 aromatic rings. The lowest BCUT2D eigenvalue weighted by Gasteiger charge is -2.19. The number of carbonyl (C=O) groups excluding carboxylic acids is 1. The number of fused-ring (bicyclic) bond motifs is 1. The molecule has 1 aromatic carbocycles. The molecule has 1 amide bonds. The van der Waals surface area contributed by atoms with Gasteiger partial charge in [0.2, 0.25) is 0 Å². The highest BCUT2D eigenvalue weighted by atomic mass is 35.5. The number of thiophene rings is 1. The van der Waals surface area contributed by atoms with Crippen molar-refractivity contribution in [1.29, 1.82) is 0 Å². The molecule has 19 heavy (non-hydrogen) atoms. The first kappa shape index (κ1) is 12.7. The maximum absolute atomic E-state index is 11.8. The second-order valence-corrected chi connectivity index (χ2v) is 5.89. The predicted octanol–water partition coefficient (Wildman–Crippen LogP) is 2.74. The van der Waals surface area contributed by atoms with Gasteiger partial charge < -0.3 is 11.1 Å². The van der Waals surface area contributed by atoms with Crippen molar-refractivity contribution in [3.05, 3.63) is 56.2 Å². The van der Waals surface area contributed by atoms with Crippen molar-refractivity contribution < 1.29 is 4.79 Å². The van der Waals surface area contributed by atoms with E-state index in [2.05, 4.69) is 5.32 Å². The summed E-state index contributed by atoms with van der Waals surface area (Å²) < 4.78 is 0. The lowest BCUT2D eigenvalue weighted by atomic mass is 9.95. The van der Waals surface area contributed by atoms with Crippen LogP contribution in [0.15, 0.2) is 29.6 Å². The van der Waals surface area contributed by atoms with Crippen LogP contribution in [0, 0.1) is 0 Å². The molecule has 98 valence electrons. The summed E-state index contributed by atoms with van der Waals surface area (Å²) in [5.74, 6) is -0.0208. The van der Waals surface area contributed by atoms with Crippen molar-refractivity contribution in [2.45, 2.75) is 12.5 Å². The summed E-state index contributed by atoms with van der Waals surface area (Å²) in [7, 11) is 0. The zero-order chi connectivity index (χ0) is 13.4. The Kier molecular flexibility index (Phi) is 3.31. The fourth-order valence-electron chi connectivity index (χ4n) is 2.30. The lowest BCUT2D eigenvalue weighted by Crippen LogP contribution is -2.32. The molecule has 1 aliphatic heterocycles. The molecule has 1 unspecified atom stereocenters. The molecular formula is C14H13ClN2OS. The van der Waals surface area contributed by atoms with Crippen LogP contribution < -0.4 is 11.1 Å². The Morgan fingerprint density at radius 2 is 2.21 bits per heavy atom. The average Bonchev–Trinajstić information content (AvgIpc) is 2.84. The third-order valence-electron chi connectivity index (χ3n) is 3.34. The van der Waals surface area contributed by atoms with E-state index in [0.29, 0.717) is 11.6 Å². The first-order valence-corrected chi connectivity index (χ1v) is 7.32. The van der Waals surface area contributed by atoms with Gasteiger partial charge in [0.05, 0.1) is 11.1 Å². The molecular weight excluding hydrogens is 280 g/mol. The molecule has 0 aliphatic carbocycles. The standard InChI is InChI=1S/C14H13ClN2OS/c15-11-4-6-19-13(11)12(16)9-2-1-8-3-5-17-14(18)10(8)7-9/h1-2,4,6-7,12H,3,5,16H2,(H,17,18). The van der Waals surface area contributed by atoms with Crippen molar-refractivity contribution in [2.24, 2.45) is 5.73 Å². The number of carbonyl (C=O) groups is 1. The first-order valence-electron chi connectivity index (χ1n) is 6.06. The summed E-state index contributed by atoms with van der Waals surface area (Å²) in [6.07, 6.45) is 0.871. The van der Waals surface area contributed by atoms with Gasteiger partial charge in [-0.3, -0.25) is 4.79 Å². The molecule has 0 fully saturated rings. The number of hydrogen-bond donors (Lipinski definition) is 2. The van der Waals surface area contributed by atoms with Gasteiger partial charge in [0.1, 0.15) is 0 Å². The molecule has 1 atom stereocenters. The van der Waals surface area contributed by atoms with Crippen molar-refractivity contribution in [3.63, 3.8) is 0 Å². The van der Waals surface area contributed by atoms with E-state index in [9.17, 15) is 4.79 Å².